The molecule has 4 rings (SSSR count). The van der Waals surface area contributed by atoms with Gasteiger partial charge in [-0.15, -0.1) is 10.2 Å². The van der Waals surface area contributed by atoms with E-state index >= 15 is 0 Å². The Kier molecular flexibility index (Phi) is 4.56. The van der Waals surface area contributed by atoms with Gasteiger partial charge in [0.25, 0.3) is 0 Å². The van der Waals surface area contributed by atoms with Gasteiger partial charge in [0.2, 0.25) is 5.95 Å². The van der Waals surface area contributed by atoms with Gasteiger partial charge in [-0.05, 0) is 37.8 Å². The Hall–Kier alpha value is -1.08. The number of piperidine rings is 1. The summed E-state index contributed by atoms with van der Waals surface area (Å²) in [7, 11) is 0. The minimum atomic E-state index is 0.298. The van der Waals surface area contributed by atoms with Crippen LogP contribution in [-0.4, -0.2) is 33.3 Å². The normalized spacial score (nSPS) is 26.0. The second-order valence-electron chi connectivity index (χ2n) is 6.27. The molecule has 5 nitrogen and oxygen atoms in total. The van der Waals surface area contributed by atoms with Crippen LogP contribution in [0.5, 0.6) is 0 Å². The highest BCUT2D eigenvalue weighted by atomic mass is 35.5. The maximum absolute atomic E-state index is 6.21. The zero-order chi connectivity index (χ0) is 16.7. The van der Waals surface area contributed by atoms with Gasteiger partial charge in [0.05, 0.1) is 16.2 Å². The number of hydrogen-bond donors (Lipinski definition) is 1. The molecule has 1 aromatic carbocycles. The van der Waals surface area contributed by atoms with E-state index in [1.807, 2.05) is 12.1 Å². The predicted octanol–water partition coefficient (Wildman–Crippen LogP) is 3.79. The lowest BCUT2D eigenvalue weighted by Crippen LogP contribution is -2.48. The molecule has 2 atom stereocenters. The van der Waals surface area contributed by atoms with Gasteiger partial charge in [-0.3, -0.25) is 0 Å². The molecular formula is C16H17Cl2N5S. The smallest absolute Gasteiger partial charge is 0.245 e. The van der Waals surface area contributed by atoms with Crippen LogP contribution in [0.25, 0.3) is 0 Å². The average molecular weight is 382 g/mol. The van der Waals surface area contributed by atoms with Crippen molar-refractivity contribution in [2.24, 2.45) is 5.73 Å². The minimum absolute atomic E-state index is 0.298. The second kappa shape index (κ2) is 6.67. The summed E-state index contributed by atoms with van der Waals surface area (Å²) in [5, 5.41) is 10.4. The van der Waals surface area contributed by atoms with E-state index < -0.39 is 0 Å². The molecule has 2 N–H and O–H groups in total. The maximum atomic E-state index is 6.21. The van der Waals surface area contributed by atoms with E-state index in [4.69, 9.17) is 28.9 Å². The van der Waals surface area contributed by atoms with Crippen molar-refractivity contribution in [3.8, 4) is 0 Å². The van der Waals surface area contributed by atoms with Crippen LogP contribution in [0, 0.1) is 0 Å². The first-order valence-electron chi connectivity index (χ1n) is 7.97. The molecule has 24 heavy (non-hydrogen) atoms. The van der Waals surface area contributed by atoms with Crippen LogP contribution in [-0.2, 0) is 0 Å². The highest BCUT2D eigenvalue weighted by Crippen LogP contribution is 2.38. The molecule has 2 aromatic rings. The van der Waals surface area contributed by atoms with Gasteiger partial charge >= 0.3 is 0 Å². The monoisotopic (exact) mass is 381 g/mol. The lowest BCUT2D eigenvalue weighted by Gasteiger charge is -2.37. The van der Waals surface area contributed by atoms with Crippen molar-refractivity contribution in [2.75, 3.05) is 4.90 Å². The third-order valence-electron chi connectivity index (χ3n) is 4.66. The zero-order valence-corrected chi connectivity index (χ0v) is 15.2. The Morgan fingerprint density at radius 3 is 2.54 bits per heavy atom. The molecule has 0 aliphatic carbocycles. The molecule has 3 heterocycles. The van der Waals surface area contributed by atoms with E-state index in [-0.39, 0.29) is 0 Å². The zero-order valence-electron chi connectivity index (χ0n) is 12.9. The van der Waals surface area contributed by atoms with Gasteiger partial charge in [0, 0.05) is 23.0 Å². The van der Waals surface area contributed by atoms with Crippen LogP contribution >= 0.6 is 35.0 Å². The first-order valence-corrected chi connectivity index (χ1v) is 9.54. The number of fused-ring (bicyclic) bond motifs is 2. The topological polar surface area (TPSA) is 67.9 Å². The van der Waals surface area contributed by atoms with Crippen LogP contribution in [0.1, 0.15) is 25.7 Å². The lowest BCUT2D eigenvalue weighted by molar-refractivity contribution is 0.407. The molecule has 0 saturated carbocycles. The summed E-state index contributed by atoms with van der Waals surface area (Å²) >= 11 is 13.7. The lowest BCUT2D eigenvalue weighted by atomic mass is 9.99. The summed E-state index contributed by atoms with van der Waals surface area (Å²) < 4.78 is 0. The van der Waals surface area contributed by atoms with Crippen LogP contribution in [0.4, 0.5) is 5.95 Å². The van der Waals surface area contributed by atoms with Crippen molar-refractivity contribution < 1.29 is 0 Å². The summed E-state index contributed by atoms with van der Waals surface area (Å²) in [6, 6.07) is 6.72. The van der Waals surface area contributed by atoms with Crippen molar-refractivity contribution in [1.82, 2.24) is 15.2 Å². The number of aromatic nitrogens is 3. The Bertz CT molecular complexity index is 728. The summed E-state index contributed by atoms with van der Waals surface area (Å²) in [5.41, 5.74) is 6.12. The van der Waals surface area contributed by atoms with Gasteiger partial charge in [-0.25, -0.2) is 4.98 Å². The quantitative estimate of drug-likeness (QED) is 0.871. The third-order valence-corrected chi connectivity index (χ3v) is 6.55. The molecule has 126 valence electrons. The van der Waals surface area contributed by atoms with Crippen molar-refractivity contribution in [2.45, 2.75) is 53.7 Å². The fourth-order valence-electron chi connectivity index (χ4n) is 3.64. The van der Waals surface area contributed by atoms with Gasteiger partial charge in [-0.1, -0.05) is 41.0 Å². The molecule has 0 unspecified atom stereocenters. The van der Waals surface area contributed by atoms with E-state index in [1.54, 1.807) is 12.3 Å². The van der Waals surface area contributed by atoms with Crippen molar-refractivity contribution in [1.29, 1.82) is 0 Å². The molecule has 0 radical (unpaired) electrons. The number of rotatable bonds is 3. The largest absolute Gasteiger partial charge is 0.333 e. The predicted molar refractivity (Wildman–Crippen MR) is 96.9 cm³/mol. The average Bonchev–Trinajstić information content (AvgIpc) is 2.84. The first-order chi connectivity index (χ1) is 11.6. The van der Waals surface area contributed by atoms with E-state index in [2.05, 4.69) is 20.1 Å². The molecular weight excluding hydrogens is 365 g/mol. The number of hydrogen-bond acceptors (Lipinski definition) is 6. The van der Waals surface area contributed by atoms with Gasteiger partial charge < -0.3 is 10.6 Å². The highest BCUT2D eigenvalue weighted by molar-refractivity contribution is 7.99. The number of anilines is 1. The highest BCUT2D eigenvalue weighted by Gasteiger charge is 2.41. The Labute approximate surface area is 154 Å². The van der Waals surface area contributed by atoms with Gasteiger partial charge in [0.1, 0.15) is 5.03 Å². The number of nitrogens with two attached hydrogens (primary N) is 1. The van der Waals surface area contributed by atoms with Crippen LogP contribution in [0.15, 0.2) is 34.3 Å². The minimum Gasteiger partial charge on any atom is -0.333 e. The third kappa shape index (κ3) is 3.08. The molecule has 2 aliphatic rings. The Morgan fingerprint density at radius 1 is 1.12 bits per heavy atom. The molecule has 2 fully saturated rings. The number of benzene rings is 1. The van der Waals surface area contributed by atoms with Gasteiger partial charge in [-0.2, -0.15) is 0 Å². The van der Waals surface area contributed by atoms with Crippen LogP contribution in [0.3, 0.4) is 0 Å². The van der Waals surface area contributed by atoms with E-state index in [0.717, 1.165) is 30.6 Å². The molecule has 2 aliphatic heterocycles. The van der Waals surface area contributed by atoms with Crippen molar-refractivity contribution >= 4 is 40.9 Å². The van der Waals surface area contributed by atoms with E-state index in [1.165, 1.54) is 11.8 Å². The summed E-state index contributed by atoms with van der Waals surface area (Å²) in [5.74, 6) is 0.705. The molecule has 2 saturated heterocycles. The SMILES string of the molecule is NC1C[C@@H]2CC[C@@H](C1)N2c1ncc(Sc2cccc(Cl)c2Cl)nn1. The molecule has 0 amide bonds. The summed E-state index contributed by atoms with van der Waals surface area (Å²) in [6.45, 7) is 0. The van der Waals surface area contributed by atoms with Crippen molar-refractivity contribution in [3.05, 3.63) is 34.4 Å². The Balaban J connectivity index is 1.52. The fraction of sp³-hybridized carbons (Fsp3) is 0.438. The molecule has 1 aromatic heterocycles. The fourth-order valence-corrected chi connectivity index (χ4v) is 4.88. The van der Waals surface area contributed by atoms with E-state index in [0.29, 0.717) is 39.1 Å². The molecule has 0 spiro atoms. The van der Waals surface area contributed by atoms with Crippen LogP contribution in [0.2, 0.25) is 10.0 Å². The first kappa shape index (κ1) is 16.4. The number of nitrogens with zero attached hydrogens (tertiary/aromatic N) is 4. The Morgan fingerprint density at radius 2 is 1.88 bits per heavy atom. The standard InChI is InChI=1S/C16H17Cl2N5S/c17-12-2-1-3-13(15(12)18)24-14-8-20-16(22-21-14)23-10-4-5-11(23)7-9(19)6-10/h1-3,8-11H,4-7,19H2/t10-,11-/m0/s1. The van der Waals surface area contributed by atoms with Crippen molar-refractivity contribution in [3.63, 3.8) is 0 Å². The van der Waals surface area contributed by atoms with Gasteiger partial charge in [0.15, 0.2) is 0 Å². The number of halogens is 2. The second-order valence-corrected chi connectivity index (χ2v) is 8.12. The summed E-state index contributed by atoms with van der Waals surface area (Å²) in [4.78, 5) is 7.68. The van der Waals surface area contributed by atoms with E-state index in [9.17, 15) is 0 Å². The molecule has 8 heteroatoms. The summed E-state index contributed by atoms with van der Waals surface area (Å²) in [6.07, 6.45) is 6.09. The molecule has 2 bridgehead atoms. The van der Waals surface area contributed by atoms with Crippen LogP contribution < -0.4 is 10.6 Å². The maximum Gasteiger partial charge on any atom is 0.245 e.